The lowest BCUT2D eigenvalue weighted by Gasteiger charge is -2.33. The molecule has 0 aliphatic carbocycles. The fraction of sp³-hybridized carbons (Fsp3) is 0.500. The third-order valence-corrected chi connectivity index (χ3v) is 4.54. The van der Waals surface area contributed by atoms with Crippen LogP contribution in [0.3, 0.4) is 0 Å². The number of hydrogen-bond donors (Lipinski definition) is 3. The number of carbonyl (C=O) groups excluding carboxylic acids is 1. The van der Waals surface area contributed by atoms with Crippen LogP contribution in [0.25, 0.3) is 0 Å². The molecule has 142 valence electrons. The van der Waals surface area contributed by atoms with Gasteiger partial charge in [-0.2, -0.15) is 0 Å². The largest absolute Gasteiger partial charge is 0.495 e. The lowest BCUT2D eigenvalue weighted by atomic mass is 10.0. The molecule has 1 amide bonds. The Kier molecular flexibility index (Phi) is 6.19. The number of nitrogens with zero attached hydrogens (tertiary/aromatic N) is 1. The number of carbonyl (C=O) groups is 1. The van der Waals surface area contributed by atoms with Gasteiger partial charge in [0.25, 0.3) is 0 Å². The van der Waals surface area contributed by atoms with E-state index in [1.54, 1.807) is 7.11 Å². The second-order valence-corrected chi connectivity index (χ2v) is 6.31. The number of aliphatic hydroxyl groups is 1. The Morgan fingerprint density at radius 2 is 2.19 bits per heavy atom. The van der Waals surface area contributed by atoms with Gasteiger partial charge in [-0.3, -0.25) is 15.0 Å². The predicted octanol–water partition coefficient (Wildman–Crippen LogP) is 0.983. The molecule has 0 atom stereocenters. The standard InChI is InChI=1S/C18H25N3O5/c1-24-15-4-2-3-13(10-22)18(15)19-14-5-7-21(8-6-14)9-16(23)20-17-11-25-12-26-17/h2-4,11,14,19,22H,5-10,12H2,1H3,(H,20,23). The van der Waals surface area contributed by atoms with Crippen molar-refractivity contribution in [2.24, 2.45) is 0 Å². The lowest BCUT2D eigenvalue weighted by Crippen LogP contribution is -2.44. The summed E-state index contributed by atoms with van der Waals surface area (Å²) in [6.07, 6.45) is 3.21. The van der Waals surface area contributed by atoms with Crippen molar-refractivity contribution in [1.29, 1.82) is 0 Å². The van der Waals surface area contributed by atoms with Crippen LogP contribution in [0.4, 0.5) is 5.69 Å². The maximum Gasteiger partial charge on any atom is 0.240 e. The Labute approximate surface area is 152 Å². The van der Waals surface area contributed by atoms with Crippen LogP contribution in [0.1, 0.15) is 18.4 Å². The number of aliphatic hydroxyl groups excluding tert-OH is 1. The van der Waals surface area contributed by atoms with Crippen LogP contribution < -0.4 is 15.4 Å². The second kappa shape index (κ2) is 8.77. The van der Waals surface area contributed by atoms with Gasteiger partial charge in [-0.25, -0.2) is 0 Å². The molecule has 8 heteroatoms. The molecule has 8 nitrogen and oxygen atoms in total. The number of piperidine rings is 1. The monoisotopic (exact) mass is 363 g/mol. The number of benzene rings is 1. The molecular weight excluding hydrogens is 338 g/mol. The Balaban J connectivity index is 1.49. The first kappa shape index (κ1) is 18.3. The summed E-state index contributed by atoms with van der Waals surface area (Å²) in [6, 6.07) is 5.90. The first-order valence-electron chi connectivity index (χ1n) is 8.69. The van der Waals surface area contributed by atoms with Crippen molar-refractivity contribution in [2.75, 3.05) is 38.9 Å². The maximum atomic E-state index is 12.0. The molecule has 3 rings (SSSR count). The summed E-state index contributed by atoms with van der Waals surface area (Å²) in [5.41, 5.74) is 1.66. The minimum Gasteiger partial charge on any atom is -0.495 e. The van der Waals surface area contributed by atoms with E-state index in [0.29, 0.717) is 12.4 Å². The van der Waals surface area contributed by atoms with Crippen LogP contribution >= 0.6 is 0 Å². The van der Waals surface area contributed by atoms with Crippen LogP contribution in [0.15, 0.2) is 30.3 Å². The van der Waals surface area contributed by atoms with E-state index in [9.17, 15) is 9.90 Å². The topological polar surface area (TPSA) is 92.3 Å². The number of nitrogens with one attached hydrogen (secondary N) is 2. The summed E-state index contributed by atoms with van der Waals surface area (Å²) in [6.45, 7) is 2.05. The molecule has 2 aliphatic heterocycles. The Morgan fingerprint density at radius 3 is 2.85 bits per heavy atom. The number of likely N-dealkylation sites (tertiary alicyclic amines) is 1. The fourth-order valence-corrected chi connectivity index (χ4v) is 3.17. The van der Waals surface area contributed by atoms with Crippen molar-refractivity contribution >= 4 is 11.6 Å². The van der Waals surface area contributed by atoms with Gasteiger partial charge in [0.1, 0.15) is 12.0 Å². The van der Waals surface area contributed by atoms with E-state index in [4.69, 9.17) is 14.2 Å². The fourth-order valence-electron chi connectivity index (χ4n) is 3.17. The van der Waals surface area contributed by atoms with Crippen LogP contribution in [0.2, 0.25) is 0 Å². The summed E-state index contributed by atoms with van der Waals surface area (Å²) >= 11 is 0. The zero-order chi connectivity index (χ0) is 18.4. The third kappa shape index (κ3) is 4.59. The normalized spacial score (nSPS) is 17.8. The molecule has 2 aliphatic rings. The van der Waals surface area contributed by atoms with E-state index in [2.05, 4.69) is 15.5 Å². The SMILES string of the molecule is COc1cccc(CO)c1NC1CCN(CC(=O)NC2=COCO2)CC1. The Morgan fingerprint density at radius 1 is 1.38 bits per heavy atom. The number of rotatable bonds is 7. The van der Waals surface area contributed by atoms with Crippen molar-refractivity contribution in [3.63, 3.8) is 0 Å². The number of amides is 1. The third-order valence-electron chi connectivity index (χ3n) is 4.54. The first-order valence-corrected chi connectivity index (χ1v) is 8.69. The zero-order valence-corrected chi connectivity index (χ0v) is 14.9. The van der Waals surface area contributed by atoms with Gasteiger partial charge >= 0.3 is 0 Å². The average molecular weight is 363 g/mol. The maximum absolute atomic E-state index is 12.0. The summed E-state index contributed by atoms with van der Waals surface area (Å²) < 4.78 is 15.4. The van der Waals surface area contributed by atoms with Gasteiger partial charge in [0.05, 0.1) is 25.9 Å². The molecule has 0 aromatic heterocycles. The van der Waals surface area contributed by atoms with E-state index in [0.717, 1.165) is 42.9 Å². The van der Waals surface area contributed by atoms with Gasteiger partial charge in [-0.1, -0.05) is 12.1 Å². The number of methoxy groups -OCH3 is 1. The minimum absolute atomic E-state index is 0.0415. The average Bonchev–Trinajstić information content (AvgIpc) is 3.16. The molecule has 1 fully saturated rings. The first-order chi connectivity index (χ1) is 12.7. The Hall–Kier alpha value is -2.45. The zero-order valence-electron chi connectivity index (χ0n) is 14.9. The molecule has 0 radical (unpaired) electrons. The second-order valence-electron chi connectivity index (χ2n) is 6.31. The predicted molar refractivity (Wildman–Crippen MR) is 95.3 cm³/mol. The van der Waals surface area contributed by atoms with Gasteiger partial charge < -0.3 is 24.6 Å². The van der Waals surface area contributed by atoms with Gasteiger partial charge in [0.2, 0.25) is 18.6 Å². The van der Waals surface area contributed by atoms with Crippen molar-refractivity contribution in [3.8, 4) is 5.75 Å². The van der Waals surface area contributed by atoms with Gasteiger partial charge in [0.15, 0.2) is 0 Å². The van der Waals surface area contributed by atoms with Crippen LogP contribution in [-0.2, 0) is 20.9 Å². The van der Waals surface area contributed by atoms with Gasteiger partial charge in [-0.15, -0.1) is 0 Å². The van der Waals surface area contributed by atoms with Crippen molar-refractivity contribution in [1.82, 2.24) is 10.2 Å². The van der Waals surface area contributed by atoms with E-state index in [-0.39, 0.29) is 25.3 Å². The van der Waals surface area contributed by atoms with E-state index in [1.165, 1.54) is 6.26 Å². The smallest absolute Gasteiger partial charge is 0.240 e. The minimum atomic E-state index is -0.111. The summed E-state index contributed by atoms with van der Waals surface area (Å²) in [5.74, 6) is 0.977. The molecule has 26 heavy (non-hydrogen) atoms. The molecule has 0 unspecified atom stereocenters. The summed E-state index contributed by atoms with van der Waals surface area (Å²) in [5, 5.41) is 15.7. The van der Waals surface area contributed by atoms with Crippen molar-refractivity contribution in [3.05, 3.63) is 35.9 Å². The quantitative estimate of drug-likeness (QED) is 0.665. The highest BCUT2D eigenvalue weighted by Crippen LogP contribution is 2.30. The molecular formula is C18H25N3O5. The number of para-hydroxylation sites is 1. The molecule has 1 aromatic carbocycles. The molecule has 0 spiro atoms. The molecule has 1 saturated heterocycles. The highest BCUT2D eigenvalue weighted by Gasteiger charge is 2.23. The number of hydrogen-bond acceptors (Lipinski definition) is 7. The van der Waals surface area contributed by atoms with Gasteiger partial charge in [0, 0.05) is 24.7 Å². The molecule has 0 bridgehead atoms. The number of anilines is 1. The number of ether oxygens (including phenoxy) is 3. The molecule has 1 aromatic rings. The van der Waals surface area contributed by atoms with E-state index >= 15 is 0 Å². The van der Waals surface area contributed by atoms with Crippen LogP contribution in [-0.4, -0.2) is 55.5 Å². The van der Waals surface area contributed by atoms with Crippen LogP contribution in [0, 0.1) is 0 Å². The summed E-state index contributed by atoms with van der Waals surface area (Å²) in [7, 11) is 1.62. The molecule has 2 heterocycles. The summed E-state index contributed by atoms with van der Waals surface area (Å²) in [4.78, 5) is 14.1. The highest BCUT2D eigenvalue weighted by molar-refractivity contribution is 5.79. The van der Waals surface area contributed by atoms with Crippen LogP contribution in [0.5, 0.6) is 5.75 Å². The van der Waals surface area contributed by atoms with Crippen molar-refractivity contribution in [2.45, 2.75) is 25.5 Å². The van der Waals surface area contributed by atoms with E-state index in [1.807, 2.05) is 18.2 Å². The van der Waals surface area contributed by atoms with Gasteiger partial charge in [-0.05, 0) is 18.9 Å². The molecule has 3 N–H and O–H groups in total. The Bertz CT molecular complexity index is 634. The van der Waals surface area contributed by atoms with Crippen molar-refractivity contribution < 1.29 is 24.1 Å². The molecule has 0 saturated carbocycles. The van der Waals surface area contributed by atoms with E-state index < -0.39 is 0 Å². The highest BCUT2D eigenvalue weighted by atomic mass is 16.7. The lowest BCUT2D eigenvalue weighted by molar-refractivity contribution is -0.122.